The molecule has 0 spiro atoms. The normalized spacial score (nSPS) is 14.7. The van der Waals surface area contributed by atoms with Crippen LogP contribution in [0.25, 0.3) is 0 Å². The Bertz CT molecular complexity index is 863. The van der Waals surface area contributed by atoms with Crippen molar-refractivity contribution in [3.63, 3.8) is 0 Å². The zero-order valence-electron chi connectivity index (χ0n) is 16.8. The number of aromatic nitrogens is 1. The second-order valence-electron chi connectivity index (χ2n) is 7.73. The average Bonchev–Trinajstić information content (AvgIpc) is 2.70. The minimum absolute atomic E-state index is 0.00730. The first-order valence-electron chi connectivity index (χ1n) is 9.99. The van der Waals surface area contributed by atoms with Gasteiger partial charge in [-0.05, 0) is 43.0 Å². The van der Waals surface area contributed by atoms with Gasteiger partial charge in [-0.15, -0.1) is 0 Å². The van der Waals surface area contributed by atoms with Crippen molar-refractivity contribution in [2.75, 3.05) is 18.4 Å². The van der Waals surface area contributed by atoms with Crippen molar-refractivity contribution < 1.29 is 14.0 Å². The van der Waals surface area contributed by atoms with Crippen LogP contribution in [0.1, 0.15) is 43.5 Å². The molecule has 6 nitrogen and oxygen atoms in total. The Kier molecular flexibility index (Phi) is 6.80. The van der Waals surface area contributed by atoms with E-state index >= 15 is 0 Å². The molecule has 1 fully saturated rings. The Morgan fingerprint density at radius 2 is 1.90 bits per heavy atom. The molecular weight excluding hydrogens is 371 g/mol. The summed E-state index contributed by atoms with van der Waals surface area (Å²) in [5.74, 6) is 0.144. The molecule has 1 saturated heterocycles. The monoisotopic (exact) mass is 398 g/mol. The van der Waals surface area contributed by atoms with Gasteiger partial charge in [-0.25, -0.2) is 9.37 Å². The largest absolute Gasteiger partial charge is 0.349 e. The molecule has 0 saturated carbocycles. The maximum Gasteiger partial charge on any atom is 0.255 e. The van der Waals surface area contributed by atoms with Crippen LogP contribution in [0.15, 0.2) is 42.6 Å². The molecule has 1 aliphatic rings. The van der Waals surface area contributed by atoms with Crippen molar-refractivity contribution in [3.8, 4) is 0 Å². The standard InChI is InChI=1S/C22H27FN4O2/c1-15(2)14-20(28)27-12-9-16(10-13-27)25-22(29)17-6-5-11-24-21(17)26-19-8-4-3-7-18(19)23/h3-8,11,15-16H,9-10,12-14H2,1-2H3,(H,24,26)(H,25,29). The highest BCUT2D eigenvalue weighted by atomic mass is 19.1. The van der Waals surface area contributed by atoms with Crippen molar-refractivity contribution >= 4 is 23.3 Å². The number of carbonyl (C=O) groups is 2. The molecular formula is C22H27FN4O2. The molecule has 0 radical (unpaired) electrons. The van der Waals surface area contributed by atoms with Gasteiger partial charge in [0.2, 0.25) is 5.91 Å². The minimum Gasteiger partial charge on any atom is -0.349 e. The average molecular weight is 398 g/mol. The van der Waals surface area contributed by atoms with Gasteiger partial charge < -0.3 is 15.5 Å². The number of benzene rings is 1. The fourth-order valence-corrected chi connectivity index (χ4v) is 3.39. The summed E-state index contributed by atoms with van der Waals surface area (Å²) in [6.07, 6.45) is 3.54. The SMILES string of the molecule is CC(C)CC(=O)N1CCC(NC(=O)c2cccnc2Nc2ccccc2F)CC1. The summed E-state index contributed by atoms with van der Waals surface area (Å²) < 4.78 is 13.9. The van der Waals surface area contributed by atoms with Crippen molar-refractivity contribution in [2.24, 2.45) is 5.92 Å². The van der Waals surface area contributed by atoms with Crippen molar-refractivity contribution in [2.45, 2.75) is 39.2 Å². The molecule has 2 N–H and O–H groups in total. The van der Waals surface area contributed by atoms with E-state index in [-0.39, 0.29) is 23.5 Å². The number of nitrogens with one attached hydrogen (secondary N) is 2. The van der Waals surface area contributed by atoms with Crippen molar-refractivity contribution in [3.05, 3.63) is 54.0 Å². The molecule has 0 atom stereocenters. The number of rotatable bonds is 6. The van der Waals surface area contributed by atoms with Crippen LogP contribution in [0.5, 0.6) is 0 Å². The predicted molar refractivity (Wildman–Crippen MR) is 110 cm³/mol. The quantitative estimate of drug-likeness (QED) is 0.778. The van der Waals surface area contributed by atoms with E-state index in [9.17, 15) is 14.0 Å². The number of amides is 2. The lowest BCUT2D eigenvalue weighted by Crippen LogP contribution is -2.46. The van der Waals surface area contributed by atoms with E-state index in [0.29, 0.717) is 49.7 Å². The lowest BCUT2D eigenvalue weighted by atomic mass is 10.0. The van der Waals surface area contributed by atoms with Gasteiger partial charge in [-0.1, -0.05) is 26.0 Å². The van der Waals surface area contributed by atoms with Gasteiger partial charge >= 0.3 is 0 Å². The number of nitrogens with zero attached hydrogens (tertiary/aromatic N) is 2. The molecule has 2 aromatic rings. The smallest absolute Gasteiger partial charge is 0.255 e. The summed E-state index contributed by atoms with van der Waals surface area (Å²) in [5, 5.41) is 5.92. The fraction of sp³-hybridized carbons (Fsp3) is 0.409. The maximum absolute atomic E-state index is 13.9. The van der Waals surface area contributed by atoms with Crippen LogP contribution >= 0.6 is 0 Å². The van der Waals surface area contributed by atoms with Crippen LogP contribution in [0.3, 0.4) is 0 Å². The summed E-state index contributed by atoms with van der Waals surface area (Å²) in [6, 6.07) is 9.58. The summed E-state index contributed by atoms with van der Waals surface area (Å²) in [5.41, 5.74) is 0.617. The Hall–Kier alpha value is -2.96. The third-order valence-corrected chi connectivity index (χ3v) is 4.95. The summed E-state index contributed by atoms with van der Waals surface area (Å²) in [4.78, 5) is 31.1. The van der Waals surface area contributed by atoms with Crippen LogP contribution in [-0.4, -0.2) is 40.8 Å². The van der Waals surface area contributed by atoms with E-state index in [1.54, 1.807) is 36.5 Å². The molecule has 29 heavy (non-hydrogen) atoms. The minimum atomic E-state index is -0.414. The van der Waals surface area contributed by atoms with Crippen molar-refractivity contribution in [1.82, 2.24) is 15.2 Å². The number of hydrogen-bond donors (Lipinski definition) is 2. The first kappa shape index (κ1) is 20.8. The van der Waals surface area contributed by atoms with Gasteiger partial charge in [0.1, 0.15) is 11.6 Å². The van der Waals surface area contributed by atoms with Crippen molar-refractivity contribution in [1.29, 1.82) is 0 Å². The Balaban J connectivity index is 1.61. The third kappa shape index (κ3) is 5.53. The number of halogens is 1. The molecule has 2 heterocycles. The Morgan fingerprint density at radius 3 is 2.59 bits per heavy atom. The van der Waals surface area contributed by atoms with E-state index < -0.39 is 5.82 Å². The van der Waals surface area contributed by atoms with Crippen LogP contribution in [0.4, 0.5) is 15.9 Å². The number of piperidine rings is 1. The number of para-hydroxylation sites is 1. The van der Waals surface area contributed by atoms with Crippen LogP contribution < -0.4 is 10.6 Å². The van der Waals surface area contributed by atoms with E-state index in [2.05, 4.69) is 15.6 Å². The van der Waals surface area contributed by atoms with Crippen LogP contribution in [0, 0.1) is 11.7 Å². The maximum atomic E-state index is 13.9. The number of hydrogen-bond acceptors (Lipinski definition) is 4. The predicted octanol–water partition coefficient (Wildman–Crippen LogP) is 3.73. The highest BCUT2D eigenvalue weighted by Crippen LogP contribution is 2.21. The highest BCUT2D eigenvalue weighted by Gasteiger charge is 2.25. The molecule has 1 aromatic heterocycles. The second-order valence-corrected chi connectivity index (χ2v) is 7.73. The van der Waals surface area contributed by atoms with E-state index in [0.717, 1.165) is 0 Å². The van der Waals surface area contributed by atoms with Crippen LogP contribution in [-0.2, 0) is 4.79 Å². The van der Waals surface area contributed by atoms with Gasteiger partial charge in [0, 0.05) is 31.7 Å². The summed E-state index contributed by atoms with van der Waals surface area (Å²) in [7, 11) is 0. The van der Waals surface area contributed by atoms with Gasteiger partial charge in [0.05, 0.1) is 11.3 Å². The van der Waals surface area contributed by atoms with Gasteiger partial charge in [-0.2, -0.15) is 0 Å². The first-order valence-corrected chi connectivity index (χ1v) is 9.99. The van der Waals surface area contributed by atoms with Gasteiger partial charge in [0.25, 0.3) is 5.91 Å². The summed E-state index contributed by atoms with van der Waals surface area (Å²) >= 11 is 0. The molecule has 1 aliphatic heterocycles. The third-order valence-electron chi connectivity index (χ3n) is 4.95. The number of pyridine rings is 1. The molecule has 1 aromatic carbocycles. The highest BCUT2D eigenvalue weighted by molar-refractivity contribution is 5.99. The zero-order valence-corrected chi connectivity index (χ0v) is 16.8. The zero-order chi connectivity index (χ0) is 20.8. The molecule has 7 heteroatoms. The van der Waals surface area contributed by atoms with Gasteiger partial charge in [0.15, 0.2) is 0 Å². The van der Waals surface area contributed by atoms with E-state index in [1.165, 1.54) is 6.07 Å². The molecule has 0 bridgehead atoms. The first-order chi connectivity index (χ1) is 13.9. The van der Waals surface area contributed by atoms with E-state index in [4.69, 9.17) is 0 Å². The molecule has 3 rings (SSSR count). The topological polar surface area (TPSA) is 74.3 Å². The Labute approximate surface area is 170 Å². The number of carbonyl (C=O) groups excluding carboxylic acids is 2. The lowest BCUT2D eigenvalue weighted by molar-refractivity contribution is -0.133. The van der Waals surface area contributed by atoms with E-state index in [1.807, 2.05) is 18.7 Å². The molecule has 0 unspecified atom stereocenters. The molecule has 0 aliphatic carbocycles. The molecule has 2 amide bonds. The Morgan fingerprint density at radius 1 is 1.17 bits per heavy atom. The lowest BCUT2D eigenvalue weighted by Gasteiger charge is -2.33. The summed E-state index contributed by atoms with van der Waals surface area (Å²) in [6.45, 7) is 5.35. The number of anilines is 2. The second kappa shape index (κ2) is 9.49. The fourth-order valence-electron chi connectivity index (χ4n) is 3.39. The molecule has 154 valence electrons. The van der Waals surface area contributed by atoms with Crippen LogP contribution in [0.2, 0.25) is 0 Å². The van der Waals surface area contributed by atoms with Gasteiger partial charge in [-0.3, -0.25) is 9.59 Å². The number of likely N-dealkylation sites (tertiary alicyclic amines) is 1.